The summed E-state index contributed by atoms with van der Waals surface area (Å²) < 4.78 is 5.40. The van der Waals surface area contributed by atoms with Gasteiger partial charge in [-0.15, -0.1) is 24.0 Å². The molecule has 2 heterocycles. The zero-order chi connectivity index (χ0) is 18.6. The van der Waals surface area contributed by atoms with Gasteiger partial charge in [-0.1, -0.05) is 25.1 Å². The first-order chi connectivity index (χ1) is 12.8. The number of halogens is 1. The topological polar surface area (TPSA) is 87.4 Å². The number of hydrogen-bond donors (Lipinski definition) is 3. The van der Waals surface area contributed by atoms with Crippen molar-refractivity contribution in [3.63, 3.8) is 0 Å². The van der Waals surface area contributed by atoms with E-state index in [9.17, 15) is 0 Å². The van der Waals surface area contributed by atoms with Crippen LogP contribution in [0.4, 0.5) is 5.82 Å². The maximum Gasteiger partial charge on any atom is 0.191 e. The number of pyridine rings is 1. The highest BCUT2D eigenvalue weighted by Gasteiger charge is 2.13. The minimum Gasteiger partial charge on any atom is -0.370 e. The van der Waals surface area contributed by atoms with Gasteiger partial charge in [0.1, 0.15) is 11.6 Å². The fourth-order valence-electron chi connectivity index (χ4n) is 2.67. The molecule has 0 aliphatic rings. The maximum absolute atomic E-state index is 5.40. The van der Waals surface area contributed by atoms with Crippen molar-refractivity contribution in [2.75, 3.05) is 25.5 Å². The van der Waals surface area contributed by atoms with Crippen molar-refractivity contribution in [1.82, 2.24) is 20.8 Å². The molecular formula is C19H31IN6O. The summed E-state index contributed by atoms with van der Waals surface area (Å²) in [4.78, 5) is 8.53. The summed E-state index contributed by atoms with van der Waals surface area (Å²) in [6, 6.07) is 5.88. The van der Waals surface area contributed by atoms with Crippen LogP contribution in [0.3, 0.4) is 0 Å². The molecule has 8 heteroatoms. The van der Waals surface area contributed by atoms with Gasteiger partial charge in [-0.3, -0.25) is 4.99 Å². The molecule has 0 atom stereocenters. The van der Waals surface area contributed by atoms with E-state index in [-0.39, 0.29) is 24.0 Å². The molecule has 0 spiro atoms. The predicted octanol–water partition coefficient (Wildman–Crippen LogP) is 3.37. The van der Waals surface area contributed by atoms with Gasteiger partial charge in [0.2, 0.25) is 0 Å². The average molecular weight is 486 g/mol. The summed E-state index contributed by atoms with van der Waals surface area (Å²) >= 11 is 0. The van der Waals surface area contributed by atoms with Crippen LogP contribution in [0.2, 0.25) is 0 Å². The molecule has 0 aromatic carbocycles. The van der Waals surface area contributed by atoms with Crippen LogP contribution >= 0.6 is 24.0 Å². The van der Waals surface area contributed by atoms with Crippen molar-refractivity contribution < 1.29 is 4.52 Å². The highest BCUT2D eigenvalue weighted by molar-refractivity contribution is 14.0. The van der Waals surface area contributed by atoms with E-state index in [1.165, 1.54) is 0 Å². The highest BCUT2D eigenvalue weighted by Crippen LogP contribution is 2.15. The van der Waals surface area contributed by atoms with Crippen LogP contribution in [0, 0.1) is 0 Å². The van der Waals surface area contributed by atoms with Gasteiger partial charge < -0.3 is 20.5 Å². The van der Waals surface area contributed by atoms with Gasteiger partial charge in [0, 0.05) is 44.9 Å². The molecule has 0 aliphatic carbocycles. The quantitative estimate of drug-likeness (QED) is 0.207. The monoisotopic (exact) mass is 486 g/mol. The molecular weight excluding hydrogens is 455 g/mol. The average Bonchev–Trinajstić information content (AvgIpc) is 3.09. The number of aryl methyl sites for hydroxylation is 2. The first-order valence-electron chi connectivity index (χ1n) is 9.34. The molecule has 3 N–H and O–H groups in total. The van der Waals surface area contributed by atoms with Gasteiger partial charge in [0.25, 0.3) is 0 Å². The van der Waals surface area contributed by atoms with Crippen molar-refractivity contribution >= 4 is 35.8 Å². The van der Waals surface area contributed by atoms with Crippen LogP contribution in [0.25, 0.3) is 0 Å². The SMILES string of the molecule is CCc1noc(CC)c1CNC(=NC)NCCCCNc1ccccn1.I. The maximum atomic E-state index is 5.40. The lowest BCUT2D eigenvalue weighted by molar-refractivity contribution is 0.380. The summed E-state index contributed by atoms with van der Waals surface area (Å²) in [6.45, 7) is 6.62. The van der Waals surface area contributed by atoms with Crippen LogP contribution in [-0.4, -0.2) is 36.2 Å². The van der Waals surface area contributed by atoms with Crippen LogP contribution in [-0.2, 0) is 19.4 Å². The Balaban J connectivity index is 0.00000364. The summed E-state index contributed by atoms with van der Waals surface area (Å²) in [7, 11) is 1.78. The number of guanidine groups is 1. The number of nitrogens with zero attached hydrogens (tertiary/aromatic N) is 3. The minimum atomic E-state index is 0. The molecule has 0 unspecified atom stereocenters. The van der Waals surface area contributed by atoms with Crippen molar-refractivity contribution in [2.45, 2.75) is 46.1 Å². The molecule has 0 amide bonds. The number of anilines is 1. The second-order valence-corrected chi connectivity index (χ2v) is 5.94. The third-order valence-electron chi connectivity index (χ3n) is 4.13. The van der Waals surface area contributed by atoms with E-state index in [1.54, 1.807) is 13.2 Å². The van der Waals surface area contributed by atoms with E-state index in [0.29, 0.717) is 6.54 Å². The standard InChI is InChI=1S/C19H30N6O.HI/c1-4-16-15(17(5-2)26-25-16)14-24-19(20-3)23-13-9-8-12-22-18-10-6-7-11-21-18;/h6-7,10-11H,4-5,8-9,12-14H2,1-3H3,(H,21,22)(H2,20,23,24);1H. The molecule has 0 bridgehead atoms. The van der Waals surface area contributed by atoms with Crippen molar-refractivity contribution in [2.24, 2.45) is 4.99 Å². The predicted molar refractivity (Wildman–Crippen MR) is 121 cm³/mol. The zero-order valence-electron chi connectivity index (χ0n) is 16.4. The van der Waals surface area contributed by atoms with E-state index in [2.05, 4.69) is 44.9 Å². The van der Waals surface area contributed by atoms with Crippen molar-refractivity contribution in [1.29, 1.82) is 0 Å². The first-order valence-corrected chi connectivity index (χ1v) is 9.34. The van der Waals surface area contributed by atoms with Gasteiger partial charge >= 0.3 is 0 Å². The number of aromatic nitrogens is 2. The fraction of sp³-hybridized carbons (Fsp3) is 0.526. The van der Waals surface area contributed by atoms with Gasteiger partial charge in [-0.2, -0.15) is 0 Å². The summed E-state index contributed by atoms with van der Waals surface area (Å²) in [5, 5.41) is 14.2. The Kier molecular flexibility index (Phi) is 11.5. The molecule has 0 radical (unpaired) electrons. The van der Waals surface area contributed by atoms with Gasteiger partial charge in [-0.05, 0) is 31.4 Å². The summed E-state index contributed by atoms with van der Waals surface area (Å²) in [5.74, 6) is 2.67. The second kappa shape index (κ2) is 13.3. The van der Waals surface area contributed by atoms with E-state index in [4.69, 9.17) is 4.52 Å². The molecule has 0 saturated carbocycles. The third kappa shape index (κ3) is 7.74. The van der Waals surface area contributed by atoms with E-state index in [0.717, 1.165) is 67.6 Å². The molecule has 0 aliphatic heterocycles. The number of rotatable bonds is 10. The molecule has 7 nitrogen and oxygen atoms in total. The number of unbranched alkanes of at least 4 members (excludes halogenated alkanes) is 1. The van der Waals surface area contributed by atoms with Crippen LogP contribution < -0.4 is 16.0 Å². The zero-order valence-corrected chi connectivity index (χ0v) is 18.7. The van der Waals surface area contributed by atoms with Gasteiger partial charge in [0.15, 0.2) is 5.96 Å². The van der Waals surface area contributed by atoms with Crippen molar-refractivity contribution in [3.8, 4) is 0 Å². The molecule has 2 rings (SSSR count). The second-order valence-electron chi connectivity index (χ2n) is 5.94. The lowest BCUT2D eigenvalue weighted by Crippen LogP contribution is -2.37. The van der Waals surface area contributed by atoms with Crippen molar-refractivity contribution in [3.05, 3.63) is 41.4 Å². The minimum absolute atomic E-state index is 0. The Morgan fingerprint density at radius 1 is 1.11 bits per heavy atom. The normalized spacial score (nSPS) is 11.0. The lowest BCUT2D eigenvalue weighted by atomic mass is 10.1. The fourth-order valence-corrected chi connectivity index (χ4v) is 2.67. The molecule has 2 aromatic rings. The molecule has 150 valence electrons. The lowest BCUT2D eigenvalue weighted by Gasteiger charge is -2.12. The van der Waals surface area contributed by atoms with Crippen LogP contribution in [0.5, 0.6) is 0 Å². The Labute approximate surface area is 178 Å². The third-order valence-corrected chi connectivity index (χ3v) is 4.13. The smallest absolute Gasteiger partial charge is 0.191 e. The highest BCUT2D eigenvalue weighted by atomic mass is 127. The molecule has 27 heavy (non-hydrogen) atoms. The summed E-state index contributed by atoms with van der Waals surface area (Å²) in [5.41, 5.74) is 2.17. The Morgan fingerprint density at radius 3 is 2.59 bits per heavy atom. The Morgan fingerprint density at radius 2 is 1.93 bits per heavy atom. The number of hydrogen-bond acceptors (Lipinski definition) is 5. The molecule has 2 aromatic heterocycles. The molecule has 0 saturated heterocycles. The van der Waals surface area contributed by atoms with Gasteiger partial charge in [0.05, 0.1) is 5.69 Å². The number of nitrogens with one attached hydrogen (secondary N) is 3. The Hall–Kier alpha value is -1.84. The Bertz CT molecular complexity index is 653. The van der Waals surface area contributed by atoms with E-state index < -0.39 is 0 Å². The first kappa shape index (κ1) is 23.2. The van der Waals surface area contributed by atoms with Crippen LogP contribution in [0.1, 0.15) is 43.7 Å². The van der Waals surface area contributed by atoms with E-state index in [1.807, 2.05) is 18.2 Å². The molecule has 0 fully saturated rings. The van der Waals surface area contributed by atoms with Gasteiger partial charge in [-0.25, -0.2) is 4.98 Å². The van der Waals surface area contributed by atoms with Crippen LogP contribution in [0.15, 0.2) is 33.9 Å². The number of aliphatic imine (C=N–C) groups is 1. The summed E-state index contributed by atoms with van der Waals surface area (Å²) in [6.07, 6.45) is 5.62. The van der Waals surface area contributed by atoms with E-state index >= 15 is 0 Å². The largest absolute Gasteiger partial charge is 0.370 e.